The number of nitrogens with one attached hydrogen (secondary N) is 3. The summed E-state index contributed by atoms with van der Waals surface area (Å²) in [7, 11) is 1.58. The van der Waals surface area contributed by atoms with Gasteiger partial charge < -0.3 is 16.0 Å². The summed E-state index contributed by atoms with van der Waals surface area (Å²) in [6.45, 7) is 2.18. The van der Waals surface area contributed by atoms with Gasteiger partial charge in [-0.3, -0.25) is 14.4 Å². The van der Waals surface area contributed by atoms with Gasteiger partial charge in [0.15, 0.2) is 0 Å². The van der Waals surface area contributed by atoms with E-state index in [2.05, 4.69) is 16.0 Å². The third-order valence-electron chi connectivity index (χ3n) is 4.19. The maximum Gasteiger partial charge on any atom is 0.261 e. The molecule has 3 N–H and O–H groups in total. The fourth-order valence-corrected chi connectivity index (χ4v) is 3.56. The monoisotopic (exact) mass is 371 g/mol. The summed E-state index contributed by atoms with van der Waals surface area (Å²) in [5.41, 5.74) is 2.23. The van der Waals surface area contributed by atoms with Crippen LogP contribution in [0, 0.1) is 12.8 Å². The van der Waals surface area contributed by atoms with Crippen LogP contribution in [0.4, 0.5) is 5.00 Å². The van der Waals surface area contributed by atoms with E-state index >= 15 is 0 Å². The highest BCUT2D eigenvalue weighted by molar-refractivity contribution is 7.18. The van der Waals surface area contributed by atoms with E-state index in [-0.39, 0.29) is 23.6 Å². The lowest BCUT2D eigenvalue weighted by Gasteiger charge is -2.06. The Morgan fingerprint density at radius 2 is 1.92 bits per heavy atom. The number of rotatable bonds is 6. The van der Waals surface area contributed by atoms with Crippen LogP contribution in [0.1, 0.15) is 44.0 Å². The normalized spacial score (nSPS) is 13.2. The van der Waals surface area contributed by atoms with Crippen molar-refractivity contribution < 1.29 is 14.4 Å². The predicted molar refractivity (Wildman–Crippen MR) is 101 cm³/mol. The first kappa shape index (κ1) is 18.1. The Hall–Kier alpha value is -2.67. The predicted octanol–water partition coefficient (Wildman–Crippen LogP) is 2.69. The number of carbonyl (C=O) groups is 3. The molecule has 3 rings (SSSR count). The van der Waals surface area contributed by atoms with Crippen LogP contribution in [-0.2, 0) is 11.3 Å². The molecule has 136 valence electrons. The van der Waals surface area contributed by atoms with Crippen molar-refractivity contribution in [2.24, 2.45) is 5.92 Å². The lowest BCUT2D eigenvalue weighted by molar-refractivity contribution is -0.117. The Morgan fingerprint density at radius 1 is 1.15 bits per heavy atom. The molecular weight excluding hydrogens is 350 g/mol. The van der Waals surface area contributed by atoms with Gasteiger partial charge in [-0.1, -0.05) is 12.1 Å². The zero-order chi connectivity index (χ0) is 18.7. The van der Waals surface area contributed by atoms with Crippen LogP contribution in [0.5, 0.6) is 0 Å². The summed E-state index contributed by atoms with van der Waals surface area (Å²) in [6.07, 6.45) is 1.89. The molecule has 0 atom stereocenters. The first-order chi connectivity index (χ1) is 12.5. The van der Waals surface area contributed by atoms with Crippen molar-refractivity contribution in [3.63, 3.8) is 0 Å². The fourth-order valence-electron chi connectivity index (χ4n) is 2.57. The second-order valence-corrected chi connectivity index (χ2v) is 7.40. The maximum absolute atomic E-state index is 12.5. The molecule has 1 saturated carbocycles. The van der Waals surface area contributed by atoms with E-state index in [1.165, 1.54) is 11.3 Å². The van der Waals surface area contributed by atoms with E-state index in [0.717, 1.165) is 24.0 Å². The molecule has 0 saturated heterocycles. The van der Waals surface area contributed by atoms with Gasteiger partial charge in [0.2, 0.25) is 5.91 Å². The lowest BCUT2D eigenvalue weighted by atomic mass is 10.1. The van der Waals surface area contributed by atoms with Gasteiger partial charge in [0, 0.05) is 25.1 Å². The molecular formula is C19H21N3O3S. The van der Waals surface area contributed by atoms with Gasteiger partial charge in [-0.05, 0) is 49.1 Å². The van der Waals surface area contributed by atoms with Crippen LogP contribution < -0.4 is 16.0 Å². The number of hydrogen-bond acceptors (Lipinski definition) is 4. The SMILES string of the molecule is CNC(=O)c1cccc(CNC(=O)c2sc(NC(=O)C3CC3)cc2C)c1. The average molecular weight is 371 g/mol. The smallest absolute Gasteiger partial charge is 0.261 e. The summed E-state index contributed by atoms with van der Waals surface area (Å²) < 4.78 is 0. The number of anilines is 1. The second-order valence-electron chi connectivity index (χ2n) is 6.35. The van der Waals surface area contributed by atoms with Crippen molar-refractivity contribution in [2.75, 3.05) is 12.4 Å². The molecule has 0 bridgehead atoms. The molecule has 1 aliphatic carbocycles. The van der Waals surface area contributed by atoms with E-state index in [9.17, 15) is 14.4 Å². The van der Waals surface area contributed by atoms with Gasteiger partial charge in [-0.15, -0.1) is 11.3 Å². The number of carbonyl (C=O) groups excluding carboxylic acids is 3. The third kappa shape index (κ3) is 4.29. The summed E-state index contributed by atoms with van der Waals surface area (Å²) >= 11 is 1.28. The molecule has 7 heteroatoms. The largest absolute Gasteiger partial charge is 0.355 e. The van der Waals surface area contributed by atoms with Gasteiger partial charge in [0.05, 0.1) is 9.88 Å². The van der Waals surface area contributed by atoms with E-state index in [1.54, 1.807) is 25.2 Å². The minimum Gasteiger partial charge on any atom is -0.355 e. The molecule has 0 radical (unpaired) electrons. The molecule has 1 heterocycles. The Morgan fingerprint density at radius 3 is 2.62 bits per heavy atom. The number of benzene rings is 1. The highest BCUT2D eigenvalue weighted by atomic mass is 32.1. The summed E-state index contributed by atoms with van der Waals surface area (Å²) in [5, 5.41) is 9.02. The van der Waals surface area contributed by atoms with Crippen LogP contribution in [0.25, 0.3) is 0 Å². The second kappa shape index (κ2) is 7.70. The van der Waals surface area contributed by atoms with Crippen LogP contribution in [0.2, 0.25) is 0 Å². The highest BCUT2D eigenvalue weighted by Crippen LogP contribution is 2.32. The van der Waals surface area contributed by atoms with Crippen molar-refractivity contribution in [1.82, 2.24) is 10.6 Å². The molecule has 26 heavy (non-hydrogen) atoms. The minimum absolute atomic E-state index is 0.0317. The molecule has 1 aliphatic rings. The molecule has 0 spiro atoms. The van der Waals surface area contributed by atoms with Gasteiger partial charge in [-0.2, -0.15) is 0 Å². The Balaban J connectivity index is 1.62. The zero-order valence-electron chi connectivity index (χ0n) is 14.7. The van der Waals surface area contributed by atoms with Gasteiger partial charge in [-0.25, -0.2) is 0 Å². The number of thiophene rings is 1. The molecule has 0 aliphatic heterocycles. The van der Waals surface area contributed by atoms with Crippen LogP contribution in [0.15, 0.2) is 30.3 Å². The molecule has 3 amide bonds. The van der Waals surface area contributed by atoms with Crippen molar-refractivity contribution in [1.29, 1.82) is 0 Å². The Labute approximate surface area is 156 Å². The molecule has 2 aromatic rings. The Bertz CT molecular complexity index is 855. The van der Waals surface area contributed by atoms with Crippen molar-refractivity contribution in [3.8, 4) is 0 Å². The Kier molecular flexibility index (Phi) is 5.37. The number of amides is 3. The number of hydrogen-bond donors (Lipinski definition) is 3. The molecule has 1 aromatic carbocycles. The van der Waals surface area contributed by atoms with Gasteiger partial charge in [0.1, 0.15) is 0 Å². The first-order valence-electron chi connectivity index (χ1n) is 8.48. The van der Waals surface area contributed by atoms with Crippen molar-refractivity contribution >= 4 is 34.1 Å². The average Bonchev–Trinajstić information content (AvgIpc) is 3.43. The van der Waals surface area contributed by atoms with Gasteiger partial charge in [0.25, 0.3) is 11.8 Å². The molecule has 6 nitrogen and oxygen atoms in total. The van der Waals surface area contributed by atoms with E-state index in [0.29, 0.717) is 22.0 Å². The fraction of sp³-hybridized carbons (Fsp3) is 0.316. The van der Waals surface area contributed by atoms with Crippen LogP contribution in [0.3, 0.4) is 0 Å². The summed E-state index contributed by atoms with van der Waals surface area (Å²) in [5.74, 6) is -0.195. The van der Waals surface area contributed by atoms with Crippen LogP contribution >= 0.6 is 11.3 Å². The topological polar surface area (TPSA) is 87.3 Å². The number of aryl methyl sites for hydroxylation is 1. The highest BCUT2D eigenvalue weighted by Gasteiger charge is 2.30. The van der Waals surface area contributed by atoms with Crippen molar-refractivity contribution in [2.45, 2.75) is 26.3 Å². The quantitative estimate of drug-likeness (QED) is 0.730. The van der Waals surface area contributed by atoms with E-state index in [4.69, 9.17) is 0 Å². The van der Waals surface area contributed by atoms with Crippen LogP contribution in [-0.4, -0.2) is 24.8 Å². The van der Waals surface area contributed by atoms with Gasteiger partial charge >= 0.3 is 0 Å². The lowest BCUT2D eigenvalue weighted by Crippen LogP contribution is -2.23. The molecule has 1 fully saturated rings. The summed E-state index contributed by atoms with van der Waals surface area (Å²) in [6, 6.07) is 8.94. The standard InChI is InChI=1S/C19H21N3O3S/c1-11-8-15(22-18(24)13-6-7-13)26-16(11)19(25)21-10-12-4-3-5-14(9-12)17(23)20-2/h3-5,8-9,13H,6-7,10H2,1-2H3,(H,20,23)(H,21,25)(H,22,24). The first-order valence-corrected chi connectivity index (χ1v) is 9.30. The summed E-state index contributed by atoms with van der Waals surface area (Å²) in [4.78, 5) is 36.6. The van der Waals surface area contributed by atoms with Crippen molar-refractivity contribution in [3.05, 3.63) is 51.9 Å². The zero-order valence-corrected chi connectivity index (χ0v) is 15.5. The minimum atomic E-state index is -0.190. The van der Waals surface area contributed by atoms with E-state index in [1.807, 2.05) is 19.1 Å². The van der Waals surface area contributed by atoms with E-state index < -0.39 is 0 Å². The maximum atomic E-state index is 12.5. The molecule has 0 unspecified atom stereocenters. The molecule has 1 aromatic heterocycles. The third-order valence-corrected chi connectivity index (χ3v) is 5.34.